The highest BCUT2D eigenvalue weighted by Gasteiger charge is 2.33. The molecule has 1 aliphatic heterocycles. The van der Waals surface area contributed by atoms with Crippen molar-refractivity contribution in [1.82, 2.24) is 15.5 Å². The first kappa shape index (κ1) is 23.5. The van der Waals surface area contributed by atoms with Gasteiger partial charge in [-0.15, -0.1) is 0 Å². The lowest BCUT2D eigenvalue weighted by atomic mass is 9.93. The number of carbonyl (C=O) groups excluding carboxylic acids is 3. The molecule has 0 spiro atoms. The fraction of sp³-hybridized carbons (Fsp3) is 0.423. The highest BCUT2D eigenvalue weighted by molar-refractivity contribution is 5.97. The Balaban J connectivity index is 1.54. The Kier molecular flexibility index (Phi) is 8.42. The molecule has 2 atom stereocenters. The summed E-state index contributed by atoms with van der Waals surface area (Å²) in [4.78, 5) is 40.3. The summed E-state index contributed by atoms with van der Waals surface area (Å²) in [5.41, 5.74) is 1.61. The van der Waals surface area contributed by atoms with Crippen LogP contribution in [0, 0.1) is 11.8 Å². The van der Waals surface area contributed by atoms with Crippen molar-refractivity contribution in [2.45, 2.75) is 45.7 Å². The Morgan fingerprint density at radius 2 is 1.56 bits per heavy atom. The Morgan fingerprint density at radius 3 is 2.16 bits per heavy atom. The molecule has 1 aliphatic rings. The Hall–Kier alpha value is -3.15. The Labute approximate surface area is 190 Å². The number of likely N-dealkylation sites (tertiary alicyclic amines) is 1. The summed E-state index contributed by atoms with van der Waals surface area (Å²) in [6, 6.07) is 18.2. The quantitative estimate of drug-likeness (QED) is 0.667. The molecule has 1 fully saturated rings. The molecule has 0 aromatic heterocycles. The molecular formula is C26H33N3O3. The summed E-state index contributed by atoms with van der Waals surface area (Å²) in [5, 5.41) is 5.95. The molecule has 0 saturated carbocycles. The predicted octanol–water partition coefficient (Wildman–Crippen LogP) is 3.39. The van der Waals surface area contributed by atoms with Crippen LogP contribution < -0.4 is 10.6 Å². The van der Waals surface area contributed by atoms with Crippen molar-refractivity contribution in [2.75, 3.05) is 13.1 Å². The van der Waals surface area contributed by atoms with Crippen LogP contribution in [0.4, 0.5) is 0 Å². The number of nitrogens with zero attached hydrogens (tertiary/aromatic N) is 1. The fourth-order valence-corrected chi connectivity index (χ4v) is 3.99. The van der Waals surface area contributed by atoms with Gasteiger partial charge >= 0.3 is 0 Å². The third-order valence-electron chi connectivity index (χ3n) is 6.29. The van der Waals surface area contributed by atoms with E-state index in [1.807, 2.05) is 62.4 Å². The number of carbonyl (C=O) groups is 3. The molecule has 1 heterocycles. The van der Waals surface area contributed by atoms with Crippen LogP contribution in [0.3, 0.4) is 0 Å². The van der Waals surface area contributed by atoms with Gasteiger partial charge in [0, 0.05) is 31.1 Å². The summed E-state index contributed by atoms with van der Waals surface area (Å²) >= 11 is 0. The van der Waals surface area contributed by atoms with Crippen LogP contribution in [0.25, 0.3) is 0 Å². The number of hydrogen-bond acceptors (Lipinski definition) is 3. The average Bonchev–Trinajstić information content (AvgIpc) is 2.86. The summed E-state index contributed by atoms with van der Waals surface area (Å²) < 4.78 is 0. The van der Waals surface area contributed by atoms with E-state index in [4.69, 9.17) is 0 Å². The van der Waals surface area contributed by atoms with Crippen molar-refractivity contribution in [3.05, 3.63) is 71.8 Å². The van der Waals surface area contributed by atoms with Gasteiger partial charge in [-0.25, -0.2) is 0 Å². The van der Waals surface area contributed by atoms with Crippen molar-refractivity contribution < 1.29 is 14.4 Å². The van der Waals surface area contributed by atoms with Crippen LogP contribution >= 0.6 is 0 Å². The molecule has 2 aromatic carbocycles. The molecule has 6 heteroatoms. The van der Waals surface area contributed by atoms with Crippen LogP contribution in [0.15, 0.2) is 60.7 Å². The van der Waals surface area contributed by atoms with Gasteiger partial charge in [-0.3, -0.25) is 14.4 Å². The molecule has 0 aliphatic carbocycles. The summed E-state index contributed by atoms with van der Waals surface area (Å²) in [6.45, 7) is 5.56. The van der Waals surface area contributed by atoms with Crippen LogP contribution in [-0.2, 0) is 16.1 Å². The first-order chi connectivity index (χ1) is 15.5. The fourth-order valence-electron chi connectivity index (χ4n) is 3.99. The smallest absolute Gasteiger partial charge is 0.251 e. The first-order valence-electron chi connectivity index (χ1n) is 11.5. The largest absolute Gasteiger partial charge is 0.352 e. The second kappa shape index (κ2) is 11.5. The minimum absolute atomic E-state index is 0.0158. The molecule has 2 N–H and O–H groups in total. The van der Waals surface area contributed by atoms with Crippen molar-refractivity contribution in [1.29, 1.82) is 0 Å². The van der Waals surface area contributed by atoms with E-state index in [1.54, 1.807) is 17.0 Å². The van der Waals surface area contributed by atoms with Gasteiger partial charge in [-0.05, 0) is 36.5 Å². The monoisotopic (exact) mass is 435 g/mol. The molecule has 3 amide bonds. The van der Waals surface area contributed by atoms with Crippen molar-refractivity contribution >= 4 is 17.7 Å². The Bertz CT molecular complexity index is 893. The zero-order chi connectivity index (χ0) is 22.9. The molecule has 32 heavy (non-hydrogen) atoms. The number of hydrogen-bond donors (Lipinski definition) is 2. The SMILES string of the molecule is CCC(C)C(NC(=O)c1ccccc1)C(=O)N1CCC(C(=O)NCc2ccccc2)CC1. The maximum atomic E-state index is 13.3. The molecular weight excluding hydrogens is 402 g/mol. The van der Waals surface area contributed by atoms with E-state index in [2.05, 4.69) is 10.6 Å². The van der Waals surface area contributed by atoms with Gasteiger partial charge in [0.05, 0.1) is 0 Å². The minimum Gasteiger partial charge on any atom is -0.352 e. The highest BCUT2D eigenvalue weighted by atomic mass is 16.2. The van der Waals surface area contributed by atoms with Gasteiger partial charge in [0.2, 0.25) is 11.8 Å². The van der Waals surface area contributed by atoms with E-state index in [0.717, 1.165) is 12.0 Å². The molecule has 2 aromatic rings. The third kappa shape index (κ3) is 6.19. The molecule has 0 bridgehead atoms. The Morgan fingerprint density at radius 1 is 0.969 bits per heavy atom. The van der Waals surface area contributed by atoms with E-state index in [9.17, 15) is 14.4 Å². The van der Waals surface area contributed by atoms with Crippen LogP contribution in [0.1, 0.15) is 49.0 Å². The number of benzene rings is 2. The van der Waals surface area contributed by atoms with Crippen molar-refractivity contribution in [3.63, 3.8) is 0 Å². The van der Waals surface area contributed by atoms with Gasteiger partial charge in [0.15, 0.2) is 0 Å². The van der Waals surface area contributed by atoms with Gasteiger partial charge in [-0.1, -0.05) is 68.8 Å². The molecule has 170 valence electrons. The topological polar surface area (TPSA) is 78.5 Å². The second-order valence-corrected chi connectivity index (χ2v) is 8.51. The van der Waals surface area contributed by atoms with E-state index < -0.39 is 6.04 Å². The van der Waals surface area contributed by atoms with E-state index in [1.165, 1.54) is 0 Å². The third-order valence-corrected chi connectivity index (χ3v) is 6.29. The van der Waals surface area contributed by atoms with Crippen LogP contribution in [-0.4, -0.2) is 41.8 Å². The zero-order valence-electron chi connectivity index (χ0n) is 18.9. The van der Waals surface area contributed by atoms with E-state index in [-0.39, 0.29) is 29.6 Å². The summed E-state index contributed by atoms with van der Waals surface area (Å²) in [5.74, 6) is -0.339. The highest BCUT2D eigenvalue weighted by Crippen LogP contribution is 2.20. The van der Waals surface area contributed by atoms with Gasteiger partial charge in [-0.2, -0.15) is 0 Å². The number of amides is 3. The van der Waals surface area contributed by atoms with Gasteiger partial charge < -0.3 is 15.5 Å². The summed E-state index contributed by atoms with van der Waals surface area (Å²) in [7, 11) is 0. The van der Waals surface area contributed by atoms with Crippen LogP contribution in [0.5, 0.6) is 0 Å². The lowest BCUT2D eigenvalue weighted by molar-refractivity contribution is -0.138. The zero-order valence-corrected chi connectivity index (χ0v) is 18.9. The standard InChI is InChI=1S/C26H33N3O3/c1-3-19(2)23(28-25(31)21-12-8-5-9-13-21)26(32)29-16-14-22(15-17-29)24(30)27-18-20-10-6-4-7-11-20/h4-13,19,22-23H,3,14-18H2,1-2H3,(H,27,30)(H,28,31). The lowest BCUT2D eigenvalue weighted by Gasteiger charge is -2.35. The van der Waals surface area contributed by atoms with Gasteiger partial charge in [0.1, 0.15) is 6.04 Å². The molecule has 3 rings (SSSR count). The molecule has 0 radical (unpaired) electrons. The molecule has 2 unspecified atom stereocenters. The number of piperidine rings is 1. The normalized spacial score (nSPS) is 16.1. The number of rotatable bonds is 8. The van der Waals surface area contributed by atoms with E-state index >= 15 is 0 Å². The van der Waals surface area contributed by atoms with Crippen molar-refractivity contribution in [3.8, 4) is 0 Å². The maximum absolute atomic E-state index is 13.3. The average molecular weight is 436 g/mol. The van der Waals surface area contributed by atoms with Gasteiger partial charge in [0.25, 0.3) is 5.91 Å². The molecule has 6 nitrogen and oxygen atoms in total. The van der Waals surface area contributed by atoms with E-state index in [0.29, 0.717) is 38.0 Å². The first-order valence-corrected chi connectivity index (χ1v) is 11.5. The molecule has 1 saturated heterocycles. The van der Waals surface area contributed by atoms with Crippen LogP contribution in [0.2, 0.25) is 0 Å². The number of nitrogens with one attached hydrogen (secondary N) is 2. The van der Waals surface area contributed by atoms with Crippen molar-refractivity contribution in [2.24, 2.45) is 11.8 Å². The predicted molar refractivity (Wildman–Crippen MR) is 125 cm³/mol. The second-order valence-electron chi connectivity index (χ2n) is 8.51. The minimum atomic E-state index is -0.573. The summed E-state index contributed by atoms with van der Waals surface area (Å²) in [6.07, 6.45) is 2.04. The lowest BCUT2D eigenvalue weighted by Crippen LogP contribution is -2.54. The maximum Gasteiger partial charge on any atom is 0.251 e.